The fourth-order valence-electron chi connectivity index (χ4n) is 2.18. The van der Waals surface area contributed by atoms with Gasteiger partial charge in [-0.15, -0.1) is 11.6 Å². The van der Waals surface area contributed by atoms with Crippen LogP contribution in [0.1, 0.15) is 11.4 Å². The lowest BCUT2D eigenvalue weighted by Crippen LogP contribution is -1.95. The summed E-state index contributed by atoms with van der Waals surface area (Å²) in [5.74, 6) is 0.427. The molecule has 4 heteroatoms. The molecule has 0 fully saturated rings. The van der Waals surface area contributed by atoms with Gasteiger partial charge in [0.25, 0.3) is 0 Å². The van der Waals surface area contributed by atoms with Crippen LogP contribution in [0.4, 0.5) is 0 Å². The van der Waals surface area contributed by atoms with Crippen molar-refractivity contribution >= 4 is 17.2 Å². The highest BCUT2D eigenvalue weighted by molar-refractivity contribution is 6.17. The monoisotopic (exact) mass is 257 g/mol. The Bertz CT molecular complexity index is 689. The van der Waals surface area contributed by atoms with Crippen molar-refractivity contribution in [2.75, 3.05) is 0 Å². The van der Waals surface area contributed by atoms with Gasteiger partial charge in [-0.3, -0.25) is 9.38 Å². The quantitative estimate of drug-likeness (QED) is 0.659. The number of alkyl halides is 1. The Morgan fingerprint density at radius 1 is 1.22 bits per heavy atom. The van der Waals surface area contributed by atoms with E-state index in [9.17, 15) is 0 Å². The van der Waals surface area contributed by atoms with Crippen molar-refractivity contribution in [1.82, 2.24) is 14.4 Å². The van der Waals surface area contributed by atoms with Crippen molar-refractivity contribution in [1.29, 1.82) is 0 Å². The number of aromatic nitrogens is 3. The predicted molar refractivity (Wildman–Crippen MR) is 72.7 cm³/mol. The summed E-state index contributed by atoms with van der Waals surface area (Å²) in [7, 11) is 0. The second kappa shape index (κ2) is 4.42. The summed E-state index contributed by atoms with van der Waals surface area (Å²) in [6.07, 6.45) is 3.57. The Hall–Kier alpha value is -1.87. The van der Waals surface area contributed by atoms with Crippen LogP contribution >= 0.6 is 11.6 Å². The zero-order valence-corrected chi connectivity index (χ0v) is 10.7. The molecule has 0 atom stereocenters. The second-order valence-electron chi connectivity index (χ2n) is 4.14. The highest BCUT2D eigenvalue weighted by atomic mass is 35.5. The Labute approximate surface area is 110 Å². The first kappa shape index (κ1) is 11.2. The van der Waals surface area contributed by atoms with Crippen LogP contribution in [0.2, 0.25) is 0 Å². The van der Waals surface area contributed by atoms with E-state index in [0.717, 1.165) is 28.3 Å². The van der Waals surface area contributed by atoms with E-state index in [0.29, 0.717) is 5.88 Å². The number of imidazole rings is 1. The van der Waals surface area contributed by atoms with Crippen LogP contribution in [0.5, 0.6) is 0 Å². The predicted octanol–water partition coefficient (Wildman–Crippen LogP) is 3.44. The number of rotatable bonds is 2. The molecule has 0 amide bonds. The van der Waals surface area contributed by atoms with E-state index in [2.05, 4.69) is 27.4 Å². The molecule has 0 saturated carbocycles. The summed E-state index contributed by atoms with van der Waals surface area (Å²) in [4.78, 5) is 8.79. The van der Waals surface area contributed by atoms with Crippen LogP contribution in [0.25, 0.3) is 16.9 Å². The molecule has 3 aromatic rings. The molecular formula is C14H12ClN3. The minimum Gasteiger partial charge on any atom is -0.299 e. The van der Waals surface area contributed by atoms with Crippen molar-refractivity contribution in [2.45, 2.75) is 12.8 Å². The Balaban J connectivity index is 2.34. The molecule has 3 nitrogen and oxygen atoms in total. The van der Waals surface area contributed by atoms with Gasteiger partial charge in [0, 0.05) is 23.7 Å². The number of pyridine rings is 2. The molecule has 0 radical (unpaired) electrons. The maximum atomic E-state index is 6.09. The number of hydrogen-bond acceptors (Lipinski definition) is 2. The normalized spacial score (nSPS) is 11.0. The first-order valence-electron chi connectivity index (χ1n) is 5.74. The van der Waals surface area contributed by atoms with Crippen molar-refractivity contribution in [3.05, 3.63) is 54.1 Å². The standard InChI is InChI=1S/C14H12ClN3/c1-10-4-2-6-13-17-14(12(8-15)18(10)13)11-5-3-7-16-9-11/h2-7,9H,8H2,1H3. The van der Waals surface area contributed by atoms with Crippen molar-refractivity contribution in [3.63, 3.8) is 0 Å². The number of nitrogens with zero attached hydrogens (tertiary/aromatic N) is 3. The van der Waals surface area contributed by atoms with Gasteiger partial charge in [-0.2, -0.15) is 0 Å². The van der Waals surface area contributed by atoms with Crippen molar-refractivity contribution in [2.24, 2.45) is 0 Å². The summed E-state index contributed by atoms with van der Waals surface area (Å²) in [6.45, 7) is 2.05. The summed E-state index contributed by atoms with van der Waals surface area (Å²) < 4.78 is 2.09. The Kier molecular flexibility index (Phi) is 2.76. The molecule has 0 aliphatic carbocycles. The average molecular weight is 258 g/mol. The SMILES string of the molecule is Cc1cccc2nc(-c3cccnc3)c(CCl)n12. The van der Waals surface area contributed by atoms with Crippen molar-refractivity contribution in [3.8, 4) is 11.3 Å². The molecule has 3 aromatic heterocycles. The Morgan fingerprint density at radius 3 is 2.83 bits per heavy atom. The summed E-state index contributed by atoms with van der Waals surface area (Å²) in [5.41, 5.74) is 4.97. The first-order chi connectivity index (χ1) is 8.81. The van der Waals surface area contributed by atoms with Crippen LogP contribution in [0, 0.1) is 6.92 Å². The molecule has 0 N–H and O–H groups in total. The van der Waals surface area contributed by atoms with Gasteiger partial charge in [-0.1, -0.05) is 6.07 Å². The average Bonchev–Trinajstić information content (AvgIpc) is 2.79. The van der Waals surface area contributed by atoms with E-state index in [1.54, 1.807) is 6.20 Å². The maximum absolute atomic E-state index is 6.09. The minimum absolute atomic E-state index is 0.427. The molecule has 0 unspecified atom stereocenters. The molecule has 90 valence electrons. The lowest BCUT2D eigenvalue weighted by Gasteiger charge is -2.03. The molecule has 3 heterocycles. The number of hydrogen-bond donors (Lipinski definition) is 0. The minimum atomic E-state index is 0.427. The second-order valence-corrected chi connectivity index (χ2v) is 4.41. The van der Waals surface area contributed by atoms with Gasteiger partial charge in [0.1, 0.15) is 5.65 Å². The van der Waals surface area contributed by atoms with E-state index in [1.165, 1.54) is 0 Å². The lowest BCUT2D eigenvalue weighted by molar-refractivity contribution is 1.03. The first-order valence-corrected chi connectivity index (χ1v) is 6.28. The zero-order chi connectivity index (χ0) is 12.5. The van der Waals surface area contributed by atoms with Gasteiger partial charge in [-0.05, 0) is 31.2 Å². The molecule has 18 heavy (non-hydrogen) atoms. The van der Waals surface area contributed by atoms with E-state index >= 15 is 0 Å². The largest absolute Gasteiger partial charge is 0.299 e. The van der Waals surface area contributed by atoms with E-state index < -0.39 is 0 Å². The summed E-state index contributed by atoms with van der Waals surface area (Å²) >= 11 is 6.09. The van der Waals surface area contributed by atoms with Crippen LogP contribution < -0.4 is 0 Å². The van der Waals surface area contributed by atoms with Crippen LogP contribution in [-0.4, -0.2) is 14.4 Å². The van der Waals surface area contributed by atoms with Gasteiger partial charge < -0.3 is 0 Å². The lowest BCUT2D eigenvalue weighted by atomic mass is 10.2. The third kappa shape index (κ3) is 1.68. The van der Waals surface area contributed by atoms with Gasteiger partial charge in [0.15, 0.2) is 0 Å². The molecule has 0 aliphatic heterocycles. The molecule has 0 aliphatic rings. The van der Waals surface area contributed by atoms with Crippen LogP contribution in [-0.2, 0) is 5.88 Å². The molecule has 0 aromatic carbocycles. The number of aryl methyl sites for hydroxylation is 1. The fraction of sp³-hybridized carbons (Fsp3) is 0.143. The number of halogens is 1. The summed E-state index contributed by atoms with van der Waals surface area (Å²) in [6, 6.07) is 9.95. The van der Waals surface area contributed by atoms with E-state index in [1.807, 2.05) is 30.5 Å². The third-order valence-electron chi connectivity index (χ3n) is 3.00. The van der Waals surface area contributed by atoms with E-state index in [4.69, 9.17) is 11.6 Å². The molecular weight excluding hydrogens is 246 g/mol. The Morgan fingerprint density at radius 2 is 2.11 bits per heavy atom. The van der Waals surface area contributed by atoms with Gasteiger partial charge in [-0.25, -0.2) is 4.98 Å². The molecule has 3 rings (SSSR count). The maximum Gasteiger partial charge on any atom is 0.137 e. The third-order valence-corrected chi connectivity index (χ3v) is 3.25. The topological polar surface area (TPSA) is 30.2 Å². The highest BCUT2D eigenvalue weighted by Gasteiger charge is 2.13. The fourth-order valence-corrected chi connectivity index (χ4v) is 2.43. The molecule has 0 bridgehead atoms. The molecule has 0 saturated heterocycles. The number of fused-ring (bicyclic) bond motifs is 1. The van der Waals surface area contributed by atoms with Crippen LogP contribution in [0.3, 0.4) is 0 Å². The zero-order valence-electron chi connectivity index (χ0n) is 9.97. The highest BCUT2D eigenvalue weighted by Crippen LogP contribution is 2.26. The van der Waals surface area contributed by atoms with Gasteiger partial charge in [0.05, 0.1) is 17.3 Å². The van der Waals surface area contributed by atoms with Gasteiger partial charge in [0.2, 0.25) is 0 Å². The van der Waals surface area contributed by atoms with Crippen molar-refractivity contribution < 1.29 is 0 Å². The van der Waals surface area contributed by atoms with Gasteiger partial charge >= 0.3 is 0 Å². The molecule has 0 spiro atoms. The van der Waals surface area contributed by atoms with E-state index in [-0.39, 0.29) is 0 Å². The van der Waals surface area contributed by atoms with Crippen LogP contribution in [0.15, 0.2) is 42.7 Å². The summed E-state index contributed by atoms with van der Waals surface area (Å²) in [5, 5.41) is 0. The smallest absolute Gasteiger partial charge is 0.137 e.